The van der Waals surface area contributed by atoms with Crippen LogP contribution in [0.25, 0.3) is 21.8 Å². The zero-order valence-corrected chi connectivity index (χ0v) is 10.8. The minimum absolute atomic E-state index is 0.473. The Kier molecular flexibility index (Phi) is 2.41. The fourth-order valence-corrected chi connectivity index (χ4v) is 3.21. The van der Waals surface area contributed by atoms with E-state index in [1.807, 2.05) is 12.4 Å². The molecule has 1 atom stereocenters. The zero-order valence-electron chi connectivity index (χ0n) is 10.8. The van der Waals surface area contributed by atoms with E-state index in [9.17, 15) is 0 Å². The number of hydrogen-bond acceptors (Lipinski definition) is 1. The first-order chi connectivity index (χ1) is 9.45. The largest absolute Gasteiger partial charge is 0.332 e. The minimum Gasteiger partial charge on any atom is -0.332 e. The van der Waals surface area contributed by atoms with Gasteiger partial charge in [-0.3, -0.25) is 4.98 Å². The first-order valence-corrected chi connectivity index (χ1v) is 6.94. The average Bonchev–Trinajstić information content (AvgIpc) is 2.83. The highest BCUT2D eigenvalue weighted by atomic mass is 15.0. The second-order valence-corrected chi connectivity index (χ2v) is 5.21. The van der Waals surface area contributed by atoms with Crippen LogP contribution in [0.2, 0.25) is 0 Å². The van der Waals surface area contributed by atoms with E-state index in [0.717, 1.165) is 0 Å². The van der Waals surface area contributed by atoms with Crippen molar-refractivity contribution in [1.82, 2.24) is 9.55 Å². The van der Waals surface area contributed by atoms with Crippen LogP contribution in [-0.4, -0.2) is 9.55 Å². The van der Waals surface area contributed by atoms with Crippen molar-refractivity contribution in [3.8, 4) is 0 Å². The summed E-state index contributed by atoms with van der Waals surface area (Å²) in [6, 6.07) is 11.3. The number of pyridine rings is 1. The first-order valence-electron chi connectivity index (χ1n) is 6.94. The van der Waals surface area contributed by atoms with Gasteiger partial charge in [0, 0.05) is 22.5 Å². The Morgan fingerprint density at radius 2 is 1.95 bits per heavy atom. The lowest BCUT2D eigenvalue weighted by atomic mass is 10.0. The molecule has 19 heavy (non-hydrogen) atoms. The van der Waals surface area contributed by atoms with Crippen molar-refractivity contribution in [1.29, 1.82) is 0 Å². The number of nitrogens with zero attached hydrogens (tertiary/aromatic N) is 2. The lowest BCUT2D eigenvalue weighted by Gasteiger charge is -2.20. The Bertz CT molecular complexity index is 714. The van der Waals surface area contributed by atoms with Crippen LogP contribution in [0.1, 0.15) is 25.3 Å². The van der Waals surface area contributed by atoms with Gasteiger partial charge in [-0.25, -0.2) is 0 Å². The normalized spacial score (nSPS) is 19.3. The summed E-state index contributed by atoms with van der Waals surface area (Å²) in [5.41, 5.74) is 2.57. The molecule has 0 saturated carbocycles. The van der Waals surface area contributed by atoms with Crippen molar-refractivity contribution in [2.75, 3.05) is 0 Å². The van der Waals surface area contributed by atoms with E-state index < -0.39 is 0 Å². The second kappa shape index (κ2) is 4.23. The molecule has 2 heteroatoms. The Balaban J connectivity index is 2.10. The highest BCUT2D eigenvalue weighted by molar-refractivity contribution is 6.07. The summed E-state index contributed by atoms with van der Waals surface area (Å²) < 4.78 is 2.45. The van der Waals surface area contributed by atoms with Gasteiger partial charge in [-0.15, -0.1) is 0 Å². The van der Waals surface area contributed by atoms with Crippen LogP contribution in [0.3, 0.4) is 0 Å². The molecule has 3 aromatic rings. The maximum atomic E-state index is 4.32. The van der Waals surface area contributed by atoms with Gasteiger partial charge in [-0.05, 0) is 31.4 Å². The smallest absolute Gasteiger partial charge is 0.0683 e. The molecule has 2 heterocycles. The van der Waals surface area contributed by atoms with E-state index in [-0.39, 0.29) is 0 Å². The standard InChI is InChI=1S/C17H16N2/c1-2-6-13(7-3-1)19-16-9-5-4-8-14(16)15-10-11-18-12-17(15)19/h2,4-6,8-13H,1,3,7H2. The molecule has 2 aromatic heterocycles. The van der Waals surface area contributed by atoms with Crippen LogP contribution in [0, 0.1) is 0 Å². The summed E-state index contributed by atoms with van der Waals surface area (Å²) in [5.74, 6) is 0. The Hall–Kier alpha value is -2.09. The molecule has 1 aliphatic rings. The zero-order chi connectivity index (χ0) is 12.7. The van der Waals surface area contributed by atoms with E-state index in [0.29, 0.717) is 6.04 Å². The third-order valence-corrected chi connectivity index (χ3v) is 4.07. The van der Waals surface area contributed by atoms with Crippen molar-refractivity contribution in [3.63, 3.8) is 0 Å². The molecule has 0 fully saturated rings. The average molecular weight is 248 g/mol. The lowest BCUT2D eigenvalue weighted by Crippen LogP contribution is -2.08. The van der Waals surface area contributed by atoms with E-state index in [2.05, 4.69) is 52.0 Å². The van der Waals surface area contributed by atoms with Gasteiger partial charge in [0.2, 0.25) is 0 Å². The van der Waals surface area contributed by atoms with Gasteiger partial charge in [-0.2, -0.15) is 0 Å². The number of aromatic nitrogens is 2. The van der Waals surface area contributed by atoms with Crippen LogP contribution < -0.4 is 0 Å². The predicted octanol–water partition coefficient (Wildman–Crippen LogP) is 4.47. The summed E-state index contributed by atoms with van der Waals surface area (Å²) in [4.78, 5) is 4.32. The predicted molar refractivity (Wildman–Crippen MR) is 79.3 cm³/mol. The number of fused-ring (bicyclic) bond motifs is 3. The Labute approximate surface area is 112 Å². The third-order valence-electron chi connectivity index (χ3n) is 4.07. The van der Waals surface area contributed by atoms with E-state index in [1.165, 1.54) is 41.1 Å². The molecule has 0 radical (unpaired) electrons. The maximum absolute atomic E-state index is 4.32. The third kappa shape index (κ3) is 1.60. The summed E-state index contributed by atoms with van der Waals surface area (Å²) in [6.45, 7) is 0. The Morgan fingerprint density at radius 3 is 2.84 bits per heavy atom. The molecular weight excluding hydrogens is 232 g/mol. The highest BCUT2D eigenvalue weighted by Crippen LogP contribution is 2.34. The van der Waals surface area contributed by atoms with E-state index >= 15 is 0 Å². The fourth-order valence-electron chi connectivity index (χ4n) is 3.21. The fraction of sp³-hybridized carbons (Fsp3) is 0.235. The molecule has 0 aliphatic heterocycles. The Morgan fingerprint density at radius 1 is 1.05 bits per heavy atom. The number of rotatable bonds is 1. The van der Waals surface area contributed by atoms with Gasteiger partial charge < -0.3 is 4.57 Å². The minimum atomic E-state index is 0.473. The molecule has 4 rings (SSSR count). The van der Waals surface area contributed by atoms with Crippen LogP contribution in [0.4, 0.5) is 0 Å². The lowest BCUT2D eigenvalue weighted by molar-refractivity contribution is 0.542. The molecule has 1 aliphatic carbocycles. The van der Waals surface area contributed by atoms with Gasteiger partial charge in [0.05, 0.1) is 17.8 Å². The molecule has 0 N–H and O–H groups in total. The first kappa shape index (κ1) is 10.8. The number of para-hydroxylation sites is 1. The van der Waals surface area contributed by atoms with E-state index in [4.69, 9.17) is 0 Å². The second-order valence-electron chi connectivity index (χ2n) is 5.21. The summed E-state index contributed by atoms with van der Waals surface area (Å²) >= 11 is 0. The SMILES string of the molecule is C1=CC(n2c3ccccc3c3ccncc32)CCC1. The maximum Gasteiger partial charge on any atom is 0.0683 e. The van der Waals surface area contributed by atoms with Crippen molar-refractivity contribution < 1.29 is 0 Å². The van der Waals surface area contributed by atoms with Gasteiger partial charge in [-0.1, -0.05) is 30.4 Å². The van der Waals surface area contributed by atoms with Gasteiger partial charge in [0.25, 0.3) is 0 Å². The molecule has 1 unspecified atom stereocenters. The molecular formula is C17H16N2. The van der Waals surface area contributed by atoms with Gasteiger partial charge in [0.1, 0.15) is 0 Å². The monoisotopic (exact) mass is 248 g/mol. The van der Waals surface area contributed by atoms with Crippen molar-refractivity contribution in [2.24, 2.45) is 0 Å². The van der Waals surface area contributed by atoms with Gasteiger partial charge >= 0.3 is 0 Å². The van der Waals surface area contributed by atoms with Crippen molar-refractivity contribution >= 4 is 21.8 Å². The van der Waals surface area contributed by atoms with Crippen LogP contribution in [0.5, 0.6) is 0 Å². The number of benzene rings is 1. The number of allylic oxidation sites excluding steroid dienone is 2. The molecule has 94 valence electrons. The van der Waals surface area contributed by atoms with Crippen LogP contribution in [-0.2, 0) is 0 Å². The molecule has 2 nitrogen and oxygen atoms in total. The molecule has 0 saturated heterocycles. The van der Waals surface area contributed by atoms with Crippen LogP contribution >= 0.6 is 0 Å². The van der Waals surface area contributed by atoms with Crippen LogP contribution in [0.15, 0.2) is 54.9 Å². The molecule has 0 spiro atoms. The summed E-state index contributed by atoms with van der Waals surface area (Å²) in [7, 11) is 0. The summed E-state index contributed by atoms with van der Waals surface area (Å²) in [6.07, 6.45) is 12.3. The molecule has 0 bridgehead atoms. The van der Waals surface area contributed by atoms with Gasteiger partial charge in [0.15, 0.2) is 0 Å². The van der Waals surface area contributed by atoms with Crippen molar-refractivity contribution in [3.05, 3.63) is 54.9 Å². The number of hydrogen-bond donors (Lipinski definition) is 0. The highest BCUT2D eigenvalue weighted by Gasteiger charge is 2.17. The summed E-state index contributed by atoms with van der Waals surface area (Å²) in [5, 5.41) is 2.64. The topological polar surface area (TPSA) is 17.8 Å². The molecule has 0 amide bonds. The van der Waals surface area contributed by atoms with Crippen molar-refractivity contribution in [2.45, 2.75) is 25.3 Å². The molecule has 1 aromatic carbocycles. The quantitative estimate of drug-likeness (QED) is 0.581. The van der Waals surface area contributed by atoms with E-state index in [1.54, 1.807) is 0 Å².